The second-order valence-corrected chi connectivity index (χ2v) is 7.82. The number of fused-ring (bicyclic) bond motifs is 2. The van der Waals surface area contributed by atoms with Crippen molar-refractivity contribution in [3.05, 3.63) is 41.0 Å². The van der Waals surface area contributed by atoms with Crippen molar-refractivity contribution in [3.8, 4) is 17.2 Å². The summed E-state index contributed by atoms with van der Waals surface area (Å²) in [6.07, 6.45) is 5.95. The smallest absolute Gasteiger partial charge is 0.254 e. The number of aromatic nitrogens is 2. The van der Waals surface area contributed by atoms with Gasteiger partial charge >= 0.3 is 0 Å². The first-order valence-corrected chi connectivity index (χ1v) is 9.93. The van der Waals surface area contributed by atoms with Crippen molar-refractivity contribution >= 4 is 5.91 Å². The molecule has 1 aromatic carbocycles. The van der Waals surface area contributed by atoms with Gasteiger partial charge in [-0.25, -0.2) is 9.97 Å². The Balaban J connectivity index is 1.65. The van der Waals surface area contributed by atoms with Gasteiger partial charge < -0.3 is 19.1 Å². The third kappa shape index (κ3) is 3.28. The minimum Gasteiger partial charge on any atom is -0.493 e. The highest BCUT2D eigenvalue weighted by atomic mass is 16.5. The van der Waals surface area contributed by atoms with E-state index < -0.39 is 0 Å². The number of benzene rings is 1. The molecule has 1 amide bonds. The second kappa shape index (κ2) is 7.54. The number of carbonyl (C=O) groups is 1. The lowest BCUT2D eigenvalue weighted by Gasteiger charge is -2.40. The molecule has 0 radical (unpaired) electrons. The molecule has 1 fully saturated rings. The van der Waals surface area contributed by atoms with Gasteiger partial charge in [0.2, 0.25) is 5.75 Å². The van der Waals surface area contributed by atoms with Gasteiger partial charge in [-0.05, 0) is 50.3 Å². The number of nitrogens with zero attached hydrogens (tertiary/aromatic N) is 3. The highest BCUT2D eigenvalue weighted by Crippen LogP contribution is 2.44. The summed E-state index contributed by atoms with van der Waals surface area (Å²) in [5, 5.41) is 0. The number of methoxy groups -OCH3 is 3. The largest absolute Gasteiger partial charge is 0.493 e. The van der Waals surface area contributed by atoms with Crippen LogP contribution in [0.5, 0.6) is 17.2 Å². The van der Waals surface area contributed by atoms with Crippen LogP contribution in [0.25, 0.3) is 0 Å². The fourth-order valence-electron chi connectivity index (χ4n) is 4.72. The van der Waals surface area contributed by atoms with Crippen molar-refractivity contribution in [2.24, 2.45) is 0 Å². The summed E-state index contributed by atoms with van der Waals surface area (Å²) in [5.41, 5.74) is 2.82. The fraction of sp³-hybridized carbons (Fsp3) is 0.500. The van der Waals surface area contributed by atoms with E-state index in [1.54, 1.807) is 33.5 Å². The lowest BCUT2D eigenvalue weighted by molar-refractivity contribution is 0.0632. The summed E-state index contributed by atoms with van der Waals surface area (Å²) in [7, 11) is 4.66. The topological polar surface area (TPSA) is 73.8 Å². The highest BCUT2D eigenvalue weighted by Gasteiger charge is 2.44. The van der Waals surface area contributed by atoms with E-state index >= 15 is 0 Å². The maximum absolute atomic E-state index is 13.4. The number of rotatable bonds is 4. The third-order valence-electron chi connectivity index (χ3n) is 6.14. The Morgan fingerprint density at radius 2 is 1.83 bits per heavy atom. The number of amides is 1. The minimum atomic E-state index is -0.0718. The molecular weight excluding hydrogens is 370 g/mol. The minimum absolute atomic E-state index is 0.0254. The first kappa shape index (κ1) is 19.5. The highest BCUT2D eigenvalue weighted by molar-refractivity contribution is 5.96. The van der Waals surface area contributed by atoms with Crippen molar-refractivity contribution < 1.29 is 19.0 Å². The molecule has 2 heterocycles. The molecule has 1 aromatic heterocycles. The number of likely N-dealkylation sites (tertiary alicyclic amines) is 1. The van der Waals surface area contributed by atoms with Crippen molar-refractivity contribution in [1.82, 2.24) is 14.9 Å². The quantitative estimate of drug-likeness (QED) is 0.790. The van der Waals surface area contributed by atoms with Gasteiger partial charge in [-0.1, -0.05) is 0 Å². The standard InChI is InChI=1S/C22H27N3O4/c1-14-23-12-15-6-8-22(20(15)24-14)7-5-9-25(13-22)21(26)16-10-17(27-2)19(29-4)18(11-16)28-3/h10-12H,5-9,13H2,1-4H3. The Morgan fingerprint density at radius 1 is 1.10 bits per heavy atom. The zero-order chi connectivity index (χ0) is 20.6. The maximum Gasteiger partial charge on any atom is 0.254 e. The van der Waals surface area contributed by atoms with E-state index in [-0.39, 0.29) is 11.3 Å². The Hall–Kier alpha value is -2.83. The van der Waals surface area contributed by atoms with Crippen molar-refractivity contribution in [2.45, 2.75) is 38.0 Å². The van der Waals surface area contributed by atoms with Crippen LogP contribution in [0.15, 0.2) is 18.3 Å². The van der Waals surface area contributed by atoms with Gasteiger partial charge in [0.25, 0.3) is 5.91 Å². The molecule has 7 heteroatoms. The number of piperidine rings is 1. The van der Waals surface area contributed by atoms with Gasteiger partial charge in [-0.3, -0.25) is 4.79 Å². The molecule has 2 aromatic rings. The first-order chi connectivity index (χ1) is 14.0. The summed E-state index contributed by atoms with van der Waals surface area (Å²) >= 11 is 0. The van der Waals surface area contributed by atoms with Gasteiger partial charge in [0.1, 0.15) is 5.82 Å². The summed E-state index contributed by atoms with van der Waals surface area (Å²) in [6.45, 7) is 3.33. The molecule has 4 rings (SSSR count). The average Bonchev–Trinajstić information content (AvgIpc) is 3.08. The van der Waals surface area contributed by atoms with Crippen LogP contribution in [-0.2, 0) is 11.8 Å². The third-order valence-corrected chi connectivity index (χ3v) is 6.14. The predicted molar refractivity (Wildman–Crippen MR) is 108 cm³/mol. The van der Waals surface area contributed by atoms with Crippen LogP contribution in [-0.4, -0.2) is 55.2 Å². The number of hydrogen-bond acceptors (Lipinski definition) is 6. The Morgan fingerprint density at radius 3 is 2.48 bits per heavy atom. The molecule has 1 aliphatic carbocycles. The normalized spacial score (nSPS) is 20.5. The molecule has 0 N–H and O–H groups in total. The molecular formula is C22H27N3O4. The van der Waals surface area contributed by atoms with Gasteiger partial charge in [0, 0.05) is 30.3 Å². The van der Waals surface area contributed by atoms with E-state index in [2.05, 4.69) is 4.98 Å². The molecule has 1 unspecified atom stereocenters. The molecule has 154 valence electrons. The van der Waals surface area contributed by atoms with E-state index in [0.29, 0.717) is 29.4 Å². The van der Waals surface area contributed by atoms with Crippen LogP contribution in [0.3, 0.4) is 0 Å². The van der Waals surface area contributed by atoms with Crippen LogP contribution in [0.4, 0.5) is 0 Å². The Bertz CT molecular complexity index is 917. The lowest BCUT2D eigenvalue weighted by Crippen LogP contribution is -2.48. The van der Waals surface area contributed by atoms with Crippen LogP contribution >= 0.6 is 0 Å². The van der Waals surface area contributed by atoms with Gasteiger partial charge in [-0.2, -0.15) is 0 Å². The summed E-state index contributed by atoms with van der Waals surface area (Å²) < 4.78 is 16.2. The molecule has 7 nitrogen and oxygen atoms in total. The second-order valence-electron chi connectivity index (χ2n) is 7.82. The van der Waals surface area contributed by atoms with E-state index in [0.717, 1.165) is 43.7 Å². The molecule has 1 atom stereocenters. The van der Waals surface area contributed by atoms with Gasteiger partial charge in [-0.15, -0.1) is 0 Å². The van der Waals surface area contributed by atoms with E-state index in [1.165, 1.54) is 5.56 Å². The van der Waals surface area contributed by atoms with E-state index in [9.17, 15) is 4.79 Å². The molecule has 2 aliphatic rings. The lowest BCUT2D eigenvalue weighted by atomic mass is 9.77. The number of aryl methyl sites for hydroxylation is 2. The average molecular weight is 397 g/mol. The predicted octanol–water partition coefficient (Wildman–Crippen LogP) is 2.93. The van der Waals surface area contributed by atoms with Crippen LogP contribution in [0, 0.1) is 6.92 Å². The van der Waals surface area contributed by atoms with Crippen LogP contribution in [0.1, 0.15) is 46.7 Å². The zero-order valence-electron chi connectivity index (χ0n) is 17.4. The van der Waals surface area contributed by atoms with Crippen molar-refractivity contribution in [2.75, 3.05) is 34.4 Å². The van der Waals surface area contributed by atoms with Crippen molar-refractivity contribution in [1.29, 1.82) is 0 Å². The summed E-state index contributed by atoms with van der Waals surface area (Å²) in [4.78, 5) is 24.5. The molecule has 1 aliphatic heterocycles. The molecule has 0 bridgehead atoms. The Labute approximate surface area is 171 Å². The molecule has 1 spiro atoms. The first-order valence-electron chi connectivity index (χ1n) is 9.93. The van der Waals surface area contributed by atoms with Crippen LogP contribution < -0.4 is 14.2 Å². The number of ether oxygens (including phenoxy) is 3. The molecule has 29 heavy (non-hydrogen) atoms. The molecule has 0 saturated carbocycles. The van der Waals surface area contributed by atoms with Crippen molar-refractivity contribution in [3.63, 3.8) is 0 Å². The van der Waals surface area contributed by atoms with Gasteiger partial charge in [0.05, 0.1) is 27.0 Å². The fourth-order valence-corrected chi connectivity index (χ4v) is 4.72. The zero-order valence-corrected chi connectivity index (χ0v) is 17.4. The summed E-state index contributed by atoms with van der Waals surface area (Å²) in [6, 6.07) is 3.44. The van der Waals surface area contributed by atoms with Gasteiger partial charge in [0.15, 0.2) is 11.5 Å². The Kier molecular flexibility index (Phi) is 5.06. The summed E-state index contributed by atoms with van der Waals surface area (Å²) in [5.74, 6) is 2.22. The number of hydrogen-bond donors (Lipinski definition) is 0. The molecule has 1 saturated heterocycles. The van der Waals surface area contributed by atoms with E-state index in [1.807, 2.05) is 18.0 Å². The number of carbonyl (C=O) groups excluding carboxylic acids is 1. The SMILES string of the molecule is COc1cc(C(=O)N2CCCC3(CCc4cnc(C)nc43)C2)cc(OC)c1OC. The van der Waals surface area contributed by atoms with E-state index in [4.69, 9.17) is 19.2 Å². The monoisotopic (exact) mass is 397 g/mol. The van der Waals surface area contributed by atoms with Crippen LogP contribution in [0.2, 0.25) is 0 Å². The maximum atomic E-state index is 13.4.